The SMILES string of the molecule is CCn1cc(CS(C)(=O)=O)c2cccc(CN)c21. The minimum Gasteiger partial charge on any atom is -0.347 e. The fourth-order valence-electron chi connectivity index (χ4n) is 2.32. The Bertz CT molecular complexity index is 672. The Labute approximate surface area is 107 Å². The predicted molar refractivity (Wildman–Crippen MR) is 74.1 cm³/mol. The van der Waals surface area contributed by atoms with E-state index in [2.05, 4.69) is 4.57 Å². The molecule has 0 aliphatic heterocycles. The van der Waals surface area contributed by atoms with Crippen molar-refractivity contribution in [2.45, 2.75) is 25.8 Å². The highest BCUT2D eigenvalue weighted by Gasteiger charge is 2.14. The predicted octanol–water partition coefficient (Wildman–Crippen LogP) is 1.66. The minimum absolute atomic E-state index is 0.0739. The Morgan fingerprint density at radius 3 is 2.56 bits per heavy atom. The summed E-state index contributed by atoms with van der Waals surface area (Å²) in [5, 5.41) is 0.991. The molecule has 1 aromatic heterocycles. The number of nitrogens with zero attached hydrogens (tertiary/aromatic N) is 1. The van der Waals surface area contributed by atoms with Crippen LogP contribution in [0.25, 0.3) is 10.9 Å². The maximum absolute atomic E-state index is 11.5. The standard InChI is InChI=1S/C13H18N2O2S/c1-3-15-8-11(9-18(2,16)17)12-6-4-5-10(7-14)13(12)15/h4-6,8H,3,7,9,14H2,1-2H3. The Morgan fingerprint density at radius 2 is 2.00 bits per heavy atom. The average Bonchev–Trinajstić information content (AvgIpc) is 2.65. The third-order valence-electron chi connectivity index (χ3n) is 3.04. The lowest BCUT2D eigenvalue weighted by Gasteiger charge is -2.05. The van der Waals surface area contributed by atoms with Gasteiger partial charge in [0.25, 0.3) is 0 Å². The highest BCUT2D eigenvalue weighted by molar-refractivity contribution is 7.89. The second-order valence-electron chi connectivity index (χ2n) is 4.53. The molecule has 1 aromatic carbocycles. The van der Waals surface area contributed by atoms with Crippen LogP contribution in [0.1, 0.15) is 18.1 Å². The van der Waals surface area contributed by atoms with Crippen LogP contribution < -0.4 is 5.73 Å². The number of para-hydroxylation sites is 1. The highest BCUT2D eigenvalue weighted by Crippen LogP contribution is 2.26. The number of nitrogens with two attached hydrogens (primary N) is 1. The molecule has 0 aliphatic rings. The number of hydrogen-bond donors (Lipinski definition) is 1. The summed E-state index contributed by atoms with van der Waals surface area (Å²) in [4.78, 5) is 0. The van der Waals surface area contributed by atoms with Crippen molar-refractivity contribution < 1.29 is 8.42 Å². The van der Waals surface area contributed by atoms with E-state index >= 15 is 0 Å². The van der Waals surface area contributed by atoms with Crippen LogP contribution in [0, 0.1) is 0 Å². The summed E-state index contributed by atoms with van der Waals surface area (Å²) in [5.74, 6) is 0.0739. The molecular formula is C13H18N2O2S. The van der Waals surface area contributed by atoms with E-state index in [9.17, 15) is 8.42 Å². The maximum Gasteiger partial charge on any atom is 0.151 e. The molecule has 2 aromatic rings. The maximum atomic E-state index is 11.5. The van der Waals surface area contributed by atoms with Gasteiger partial charge in [-0.3, -0.25) is 0 Å². The summed E-state index contributed by atoms with van der Waals surface area (Å²) < 4.78 is 25.0. The van der Waals surface area contributed by atoms with Crippen molar-refractivity contribution >= 4 is 20.7 Å². The average molecular weight is 266 g/mol. The zero-order chi connectivity index (χ0) is 13.3. The van der Waals surface area contributed by atoms with Gasteiger partial charge in [0.1, 0.15) is 0 Å². The van der Waals surface area contributed by atoms with Crippen LogP contribution in [0.3, 0.4) is 0 Å². The Hall–Kier alpha value is -1.33. The van der Waals surface area contributed by atoms with Gasteiger partial charge in [0, 0.05) is 30.9 Å². The molecule has 0 fully saturated rings. The molecule has 0 spiro atoms. The number of sulfone groups is 1. The molecule has 18 heavy (non-hydrogen) atoms. The fraction of sp³-hybridized carbons (Fsp3) is 0.385. The van der Waals surface area contributed by atoms with Crippen molar-refractivity contribution in [2.75, 3.05) is 6.26 Å². The van der Waals surface area contributed by atoms with Crippen LogP contribution in [0.4, 0.5) is 0 Å². The second kappa shape index (κ2) is 4.74. The van der Waals surface area contributed by atoms with Crippen molar-refractivity contribution in [3.8, 4) is 0 Å². The molecule has 0 bridgehead atoms. The van der Waals surface area contributed by atoms with E-state index in [1.807, 2.05) is 31.3 Å². The van der Waals surface area contributed by atoms with Crippen molar-refractivity contribution in [1.29, 1.82) is 0 Å². The molecular weight excluding hydrogens is 248 g/mol. The van der Waals surface area contributed by atoms with E-state index in [-0.39, 0.29) is 5.75 Å². The topological polar surface area (TPSA) is 65.1 Å². The molecule has 2 N–H and O–H groups in total. The summed E-state index contributed by atoms with van der Waals surface area (Å²) in [5.41, 5.74) is 8.70. The molecule has 2 rings (SSSR count). The number of aromatic nitrogens is 1. The van der Waals surface area contributed by atoms with Gasteiger partial charge in [-0.2, -0.15) is 0 Å². The highest BCUT2D eigenvalue weighted by atomic mass is 32.2. The summed E-state index contributed by atoms with van der Waals surface area (Å²) in [6.45, 7) is 3.30. The lowest BCUT2D eigenvalue weighted by atomic mass is 10.1. The Morgan fingerprint density at radius 1 is 1.28 bits per heavy atom. The first-order valence-electron chi connectivity index (χ1n) is 5.93. The van der Waals surface area contributed by atoms with E-state index in [0.717, 1.165) is 28.6 Å². The number of fused-ring (bicyclic) bond motifs is 1. The first kappa shape index (κ1) is 13.1. The van der Waals surface area contributed by atoms with E-state index in [4.69, 9.17) is 5.73 Å². The molecule has 0 radical (unpaired) electrons. The van der Waals surface area contributed by atoms with Crippen molar-refractivity contribution in [1.82, 2.24) is 4.57 Å². The van der Waals surface area contributed by atoms with Crippen molar-refractivity contribution in [3.05, 3.63) is 35.5 Å². The minimum atomic E-state index is -3.03. The van der Waals surface area contributed by atoms with Gasteiger partial charge in [-0.1, -0.05) is 18.2 Å². The Kier molecular flexibility index (Phi) is 3.45. The molecule has 0 unspecified atom stereocenters. The first-order chi connectivity index (χ1) is 8.46. The zero-order valence-corrected chi connectivity index (χ0v) is 11.5. The largest absolute Gasteiger partial charge is 0.347 e. The van der Waals surface area contributed by atoms with Crippen LogP contribution in [0.2, 0.25) is 0 Å². The van der Waals surface area contributed by atoms with Crippen LogP contribution in [-0.4, -0.2) is 19.2 Å². The summed E-state index contributed by atoms with van der Waals surface area (Å²) in [6, 6.07) is 5.87. The number of benzene rings is 1. The van der Waals surface area contributed by atoms with Gasteiger partial charge in [0.2, 0.25) is 0 Å². The van der Waals surface area contributed by atoms with Crippen molar-refractivity contribution in [2.24, 2.45) is 5.73 Å². The molecule has 0 saturated carbocycles. The molecule has 0 amide bonds. The van der Waals surface area contributed by atoms with Gasteiger partial charge in [-0.25, -0.2) is 8.42 Å². The molecule has 0 saturated heterocycles. The van der Waals surface area contributed by atoms with Crippen molar-refractivity contribution in [3.63, 3.8) is 0 Å². The number of rotatable bonds is 4. The molecule has 1 heterocycles. The monoisotopic (exact) mass is 266 g/mol. The van der Waals surface area contributed by atoms with Crippen LogP contribution >= 0.6 is 0 Å². The molecule has 5 heteroatoms. The van der Waals surface area contributed by atoms with Crippen LogP contribution in [0.5, 0.6) is 0 Å². The Balaban J connectivity index is 2.70. The van der Waals surface area contributed by atoms with Gasteiger partial charge in [0.05, 0.1) is 11.3 Å². The lowest BCUT2D eigenvalue weighted by Crippen LogP contribution is -2.00. The summed E-state index contributed by atoms with van der Waals surface area (Å²) >= 11 is 0. The molecule has 0 atom stereocenters. The van der Waals surface area contributed by atoms with E-state index < -0.39 is 9.84 Å². The molecule has 0 aliphatic carbocycles. The third kappa shape index (κ3) is 2.42. The number of hydrogen-bond acceptors (Lipinski definition) is 3. The van der Waals surface area contributed by atoms with Gasteiger partial charge < -0.3 is 10.3 Å². The van der Waals surface area contributed by atoms with E-state index in [1.54, 1.807) is 0 Å². The van der Waals surface area contributed by atoms with Gasteiger partial charge in [-0.05, 0) is 18.1 Å². The van der Waals surface area contributed by atoms with Gasteiger partial charge in [0.15, 0.2) is 9.84 Å². The third-order valence-corrected chi connectivity index (χ3v) is 3.88. The zero-order valence-electron chi connectivity index (χ0n) is 10.7. The normalized spacial score (nSPS) is 12.2. The molecule has 98 valence electrons. The van der Waals surface area contributed by atoms with Crippen LogP contribution in [-0.2, 0) is 28.7 Å². The number of aryl methyl sites for hydroxylation is 1. The van der Waals surface area contributed by atoms with Gasteiger partial charge in [-0.15, -0.1) is 0 Å². The van der Waals surface area contributed by atoms with E-state index in [1.165, 1.54) is 6.26 Å². The van der Waals surface area contributed by atoms with E-state index in [0.29, 0.717) is 6.54 Å². The summed E-state index contributed by atoms with van der Waals surface area (Å²) in [7, 11) is -3.03. The second-order valence-corrected chi connectivity index (χ2v) is 6.67. The lowest BCUT2D eigenvalue weighted by molar-refractivity contribution is 0.601. The first-order valence-corrected chi connectivity index (χ1v) is 7.99. The fourth-order valence-corrected chi connectivity index (χ4v) is 3.12. The van der Waals surface area contributed by atoms with Crippen LogP contribution in [0.15, 0.2) is 24.4 Å². The smallest absolute Gasteiger partial charge is 0.151 e. The van der Waals surface area contributed by atoms with Gasteiger partial charge >= 0.3 is 0 Å². The summed E-state index contributed by atoms with van der Waals surface area (Å²) in [6.07, 6.45) is 3.18. The molecule has 4 nitrogen and oxygen atoms in total. The quantitative estimate of drug-likeness (QED) is 0.915.